The van der Waals surface area contributed by atoms with Crippen LogP contribution in [0.4, 0.5) is 20.2 Å². The molecule has 10 nitrogen and oxygen atoms in total. The molecule has 0 saturated carbocycles. The topological polar surface area (TPSA) is 111 Å². The van der Waals surface area contributed by atoms with Crippen LogP contribution in [-0.4, -0.2) is 63.3 Å². The van der Waals surface area contributed by atoms with Crippen LogP contribution in [0.2, 0.25) is 0 Å². The van der Waals surface area contributed by atoms with Gasteiger partial charge in [0.2, 0.25) is 0 Å². The molecule has 0 saturated heterocycles. The first-order valence-electron chi connectivity index (χ1n) is 11.9. The number of nitrogens with zero attached hydrogens (tertiary/aromatic N) is 4. The lowest BCUT2D eigenvalue weighted by atomic mass is 10.2. The van der Waals surface area contributed by atoms with Crippen molar-refractivity contribution in [1.29, 1.82) is 0 Å². The van der Waals surface area contributed by atoms with Gasteiger partial charge in [-0.15, -0.1) is 5.10 Å². The summed E-state index contributed by atoms with van der Waals surface area (Å²) in [7, 11) is 0. The minimum absolute atomic E-state index is 0.0393. The first kappa shape index (κ1) is 32.1. The number of hydrogen-bond donors (Lipinski definition) is 0. The summed E-state index contributed by atoms with van der Waals surface area (Å²) in [5, 5.41) is 8.07. The molecule has 0 aliphatic carbocycles. The van der Waals surface area contributed by atoms with Crippen molar-refractivity contribution in [2.45, 2.75) is 106 Å². The maximum atomic E-state index is 12.8. The number of ether oxygens (including phenoxy) is 3. The largest absolute Gasteiger partial charge is 0.443 e. The zero-order valence-corrected chi connectivity index (χ0v) is 23.5. The van der Waals surface area contributed by atoms with Gasteiger partial charge < -0.3 is 14.2 Å². The number of carbonyl (C=O) groups is 3. The fraction of sp³-hybridized carbons (Fsp3) is 0.720. The number of imide groups is 1. The van der Waals surface area contributed by atoms with Crippen LogP contribution in [0.25, 0.3) is 0 Å². The molecule has 200 valence electrons. The molecule has 1 rings (SSSR count). The highest BCUT2D eigenvalue weighted by Crippen LogP contribution is 2.18. The molecular formula is C25H44N4O6. The summed E-state index contributed by atoms with van der Waals surface area (Å²) < 4.78 is 16.2. The average molecular weight is 497 g/mol. The fourth-order valence-corrected chi connectivity index (χ4v) is 2.43. The van der Waals surface area contributed by atoms with Crippen molar-refractivity contribution >= 4 is 24.1 Å². The fourth-order valence-electron chi connectivity index (χ4n) is 2.43. The quantitative estimate of drug-likeness (QED) is 0.449. The number of anilines is 1. The molecule has 10 heteroatoms. The van der Waals surface area contributed by atoms with Crippen LogP contribution < -0.4 is 4.90 Å². The highest BCUT2D eigenvalue weighted by Gasteiger charge is 2.32. The minimum atomic E-state index is -0.823. The van der Waals surface area contributed by atoms with Gasteiger partial charge in [-0.05, 0) is 87.8 Å². The third kappa shape index (κ3) is 13.5. The van der Waals surface area contributed by atoms with Gasteiger partial charge in [0.1, 0.15) is 16.8 Å². The number of aryl methyl sites for hydroxylation is 1. The molecule has 0 bridgehead atoms. The van der Waals surface area contributed by atoms with Crippen molar-refractivity contribution < 1.29 is 28.6 Å². The van der Waals surface area contributed by atoms with Crippen LogP contribution in [0.3, 0.4) is 0 Å². The van der Waals surface area contributed by atoms with Crippen LogP contribution in [0.5, 0.6) is 0 Å². The molecule has 0 N–H and O–H groups in total. The van der Waals surface area contributed by atoms with Crippen LogP contribution in [-0.2, 0) is 14.2 Å². The lowest BCUT2D eigenvalue weighted by Gasteiger charge is -2.29. The normalized spacial score (nSPS) is 11.5. The molecular weight excluding hydrogens is 452 g/mol. The Morgan fingerprint density at radius 1 is 0.714 bits per heavy atom. The van der Waals surface area contributed by atoms with E-state index in [0.29, 0.717) is 11.5 Å². The van der Waals surface area contributed by atoms with Crippen molar-refractivity contribution in [3.8, 4) is 0 Å². The number of amides is 3. The van der Waals surface area contributed by atoms with Gasteiger partial charge >= 0.3 is 18.3 Å². The third-order valence-corrected chi connectivity index (χ3v) is 3.67. The van der Waals surface area contributed by atoms with E-state index in [0.717, 1.165) is 4.90 Å². The maximum Gasteiger partial charge on any atom is 0.419 e. The zero-order valence-electron chi connectivity index (χ0n) is 23.5. The first-order valence-corrected chi connectivity index (χ1v) is 11.9. The lowest BCUT2D eigenvalue weighted by Crippen LogP contribution is -2.45. The predicted octanol–water partition coefficient (Wildman–Crippen LogP) is 6.12. The summed E-state index contributed by atoms with van der Waals surface area (Å²) in [5.41, 5.74) is -1.61. The molecule has 1 aromatic rings. The Balaban J connectivity index is 0.00000562. The number of carbonyl (C=O) groups excluding carboxylic acids is 3. The summed E-state index contributed by atoms with van der Waals surface area (Å²) >= 11 is 0. The van der Waals surface area contributed by atoms with E-state index in [2.05, 4.69) is 10.2 Å². The van der Waals surface area contributed by atoms with E-state index in [9.17, 15) is 14.4 Å². The minimum Gasteiger partial charge on any atom is -0.443 e. The summed E-state index contributed by atoms with van der Waals surface area (Å²) in [5.74, 6) is 0.302. The Morgan fingerprint density at radius 2 is 1.14 bits per heavy atom. The Labute approximate surface area is 210 Å². The van der Waals surface area contributed by atoms with Gasteiger partial charge in [0, 0.05) is 13.1 Å². The highest BCUT2D eigenvalue weighted by atomic mass is 16.6. The smallest absolute Gasteiger partial charge is 0.419 e. The second kappa shape index (κ2) is 13.3. The molecule has 0 aliphatic rings. The molecule has 0 atom stereocenters. The van der Waals surface area contributed by atoms with Gasteiger partial charge in [0.05, 0.1) is 5.69 Å². The Morgan fingerprint density at radius 3 is 1.51 bits per heavy atom. The van der Waals surface area contributed by atoms with Crippen molar-refractivity contribution in [2.75, 3.05) is 18.0 Å². The molecule has 0 aromatic carbocycles. The third-order valence-electron chi connectivity index (χ3n) is 3.67. The highest BCUT2D eigenvalue weighted by molar-refractivity contribution is 5.88. The second-order valence-corrected chi connectivity index (χ2v) is 10.6. The number of aromatic nitrogens is 2. The molecule has 0 spiro atoms. The standard InChI is InChI=1S/C23H38N4O6.C2H6/c1-16-12-13-17(25-24-16)26(18(28)31-21(2,3)4)14-11-15-27(19(29)32-22(5,6)7)20(30)33-23(8,9)10;1-2/h12-13H,11,14-15H2,1-10H3;1-2H3. The van der Waals surface area contributed by atoms with Crippen LogP contribution in [0, 0.1) is 6.92 Å². The van der Waals surface area contributed by atoms with Gasteiger partial charge in [-0.25, -0.2) is 19.3 Å². The van der Waals surface area contributed by atoms with E-state index in [-0.39, 0.29) is 19.5 Å². The molecule has 1 aromatic heterocycles. The van der Waals surface area contributed by atoms with E-state index in [1.54, 1.807) is 81.4 Å². The molecule has 35 heavy (non-hydrogen) atoms. The van der Waals surface area contributed by atoms with Crippen molar-refractivity contribution in [3.05, 3.63) is 17.8 Å². The molecule has 3 amide bonds. The first-order chi connectivity index (χ1) is 15.9. The van der Waals surface area contributed by atoms with Gasteiger partial charge in [-0.2, -0.15) is 5.10 Å². The van der Waals surface area contributed by atoms with Gasteiger partial charge in [0.15, 0.2) is 5.82 Å². The van der Waals surface area contributed by atoms with Crippen molar-refractivity contribution in [2.24, 2.45) is 0 Å². The van der Waals surface area contributed by atoms with E-state index in [4.69, 9.17) is 14.2 Å². The second-order valence-electron chi connectivity index (χ2n) is 10.6. The van der Waals surface area contributed by atoms with Gasteiger partial charge in [-0.3, -0.25) is 4.90 Å². The lowest BCUT2D eigenvalue weighted by molar-refractivity contribution is 0.00141. The molecule has 1 heterocycles. The SMILES string of the molecule is CC.Cc1ccc(N(CCCN(C(=O)OC(C)(C)C)C(=O)OC(C)(C)C)C(=O)OC(C)(C)C)nn1. The summed E-state index contributed by atoms with van der Waals surface area (Å²) in [6.07, 6.45) is -2.03. The van der Waals surface area contributed by atoms with E-state index >= 15 is 0 Å². The maximum absolute atomic E-state index is 12.8. The van der Waals surface area contributed by atoms with Gasteiger partial charge in [0.25, 0.3) is 0 Å². The average Bonchev–Trinajstić information content (AvgIpc) is 2.66. The Hall–Kier alpha value is -2.91. The molecule has 0 fully saturated rings. The summed E-state index contributed by atoms with van der Waals surface area (Å²) in [6.45, 7) is 21.4. The Bertz CT molecular complexity index is 792. The van der Waals surface area contributed by atoms with Crippen molar-refractivity contribution in [1.82, 2.24) is 15.1 Å². The van der Waals surface area contributed by atoms with E-state index in [1.165, 1.54) is 4.90 Å². The molecule has 0 radical (unpaired) electrons. The van der Waals surface area contributed by atoms with E-state index < -0.39 is 35.1 Å². The molecule has 0 aliphatic heterocycles. The number of rotatable bonds is 5. The number of hydrogen-bond acceptors (Lipinski definition) is 8. The predicted molar refractivity (Wildman–Crippen MR) is 135 cm³/mol. The van der Waals surface area contributed by atoms with Crippen molar-refractivity contribution in [3.63, 3.8) is 0 Å². The monoisotopic (exact) mass is 496 g/mol. The van der Waals surface area contributed by atoms with E-state index in [1.807, 2.05) is 13.8 Å². The van der Waals surface area contributed by atoms with Crippen LogP contribution >= 0.6 is 0 Å². The van der Waals surface area contributed by atoms with Crippen LogP contribution in [0.1, 0.15) is 88.3 Å². The van der Waals surface area contributed by atoms with Gasteiger partial charge in [-0.1, -0.05) is 13.8 Å². The molecule has 0 unspecified atom stereocenters. The summed E-state index contributed by atoms with van der Waals surface area (Å²) in [6, 6.07) is 3.39. The Kier molecular flexibility index (Phi) is 12.1. The zero-order chi connectivity index (χ0) is 27.6. The summed E-state index contributed by atoms with van der Waals surface area (Å²) in [4.78, 5) is 40.3. The van der Waals surface area contributed by atoms with Crippen LogP contribution in [0.15, 0.2) is 12.1 Å².